The Morgan fingerprint density at radius 1 is 1.14 bits per heavy atom. The smallest absolute Gasteiger partial charge is 0.133 e. The van der Waals surface area contributed by atoms with Gasteiger partial charge in [0, 0.05) is 10.9 Å². The van der Waals surface area contributed by atoms with Gasteiger partial charge in [-0.15, -0.1) is 0 Å². The van der Waals surface area contributed by atoms with Crippen molar-refractivity contribution < 1.29 is 4.74 Å². The van der Waals surface area contributed by atoms with E-state index in [0.29, 0.717) is 0 Å². The third-order valence-corrected chi connectivity index (χ3v) is 2.33. The Balaban J connectivity index is 2.83. The van der Waals surface area contributed by atoms with Gasteiger partial charge in [-0.25, -0.2) is 0 Å². The van der Waals surface area contributed by atoms with E-state index in [-0.39, 0.29) is 0 Å². The molecule has 0 amide bonds. The predicted molar refractivity (Wildman–Crippen MR) is 60.6 cm³/mol. The topological polar surface area (TPSA) is 9.23 Å². The number of hydrogen-bond donors (Lipinski definition) is 0. The quantitative estimate of drug-likeness (QED) is 0.694. The lowest BCUT2D eigenvalue weighted by Crippen LogP contribution is -1.88. The first-order valence-corrected chi connectivity index (χ1v) is 4.55. The number of rotatable bonds is 2. The number of methoxy groups -OCH3 is 1. The highest BCUT2D eigenvalue weighted by Gasteiger charge is 2.03. The second-order valence-electron chi connectivity index (χ2n) is 3.11. The van der Waals surface area contributed by atoms with Crippen molar-refractivity contribution in [1.29, 1.82) is 0 Å². The van der Waals surface area contributed by atoms with Crippen LogP contribution in [-0.2, 0) is 0 Å². The summed E-state index contributed by atoms with van der Waals surface area (Å²) in [6.07, 6.45) is 1.81. The molecule has 0 atom stereocenters. The molecule has 70 valence electrons. The van der Waals surface area contributed by atoms with Crippen molar-refractivity contribution in [3.63, 3.8) is 0 Å². The molecule has 2 aromatic rings. The van der Waals surface area contributed by atoms with E-state index in [2.05, 4.69) is 24.8 Å². The largest absolute Gasteiger partial charge is 0.495 e. The van der Waals surface area contributed by atoms with Gasteiger partial charge in [0.25, 0.3) is 0 Å². The zero-order valence-corrected chi connectivity index (χ0v) is 8.16. The Morgan fingerprint density at radius 3 is 2.64 bits per heavy atom. The molecule has 1 nitrogen and oxygen atoms in total. The van der Waals surface area contributed by atoms with Gasteiger partial charge in [0.2, 0.25) is 0 Å². The van der Waals surface area contributed by atoms with E-state index in [1.807, 2.05) is 24.3 Å². The van der Waals surface area contributed by atoms with E-state index in [4.69, 9.17) is 4.74 Å². The van der Waals surface area contributed by atoms with Crippen LogP contribution >= 0.6 is 0 Å². The third-order valence-electron chi connectivity index (χ3n) is 2.33. The van der Waals surface area contributed by atoms with Crippen LogP contribution in [0.15, 0.2) is 43.0 Å². The standard InChI is InChI=1S/C13H12O/c1-3-10-8-9-11-6-4-5-7-12(11)13(10)14-2/h3-9H,1H2,2H3. The van der Waals surface area contributed by atoms with Crippen molar-refractivity contribution in [2.75, 3.05) is 7.11 Å². The van der Waals surface area contributed by atoms with E-state index in [1.54, 1.807) is 7.11 Å². The average Bonchev–Trinajstić information content (AvgIpc) is 2.27. The van der Waals surface area contributed by atoms with Crippen molar-refractivity contribution in [3.8, 4) is 5.75 Å². The van der Waals surface area contributed by atoms with Gasteiger partial charge >= 0.3 is 0 Å². The van der Waals surface area contributed by atoms with E-state index < -0.39 is 0 Å². The maximum Gasteiger partial charge on any atom is 0.133 e. The van der Waals surface area contributed by atoms with Gasteiger partial charge in [-0.05, 0) is 5.39 Å². The van der Waals surface area contributed by atoms with Crippen LogP contribution in [0.5, 0.6) is 5.75 Å². The second-order valence-corrected chi connectivity index (χ2v) is 3.11. The maximum atomic E-state index is 5.38. The normalized spacial score (nSPS) is 10.1. The van der Waals surface area contributed by atoms with E-state index in [1.165, 1.54) is 5.39 Å². The van der Waals surface area contributed by atoms with Gasteiger partial charge in [-0.2, -0.15) is 0 Å². The maximum absolute atomic E-state index is 5.38. The summed E-state index contributed by atoms with van der Waals surface area (Å²) in [4.78, 5) is 0. The Kier molecular flexibility index (Phi) is 2.23. The first-order valence-electron chi connectivity index (χ1n) is 4.55. The summed E-state index contributed by atoms with van der Waals surface area (Å²) < 4.78 is 5.38. The lowest BCUT2D eigenvalue weighted by Gasteiger charge is -2.08. The summed E-state index contributed by atoms with van der Waals surface area (Å²) in [5, 5.41) is 2.32. The van der Waals surface area contributed by atoms with Crippen LogP contribution in [0.25, 0.3) is 16.8 Å². The zero-order chi connectivity index (χ0) is 9.97. The molecule has 0 radical (unpaired) electrons. The fourth-order valence-electron chi connectivity index (χ4n) is 1.65. The van der Waals surface area contributed by atoms with Crippen molar-refractivity contribution in [2.24, 2.45) is 0 Å². The lowest BCUT2D eigenvalue weighted by molar-refractivity contribution is 0.419. The summed E-state index contributed by atoms with van der Waals surface area (Å²) >= 11 is 0. The van der Waals surface area contributed by atoms with Crippen molar-refractivity contribution >= 4 is 16.8 Å². The monoisotopic (exact) mass is 184 g/mol. The van der Waals surface area contributed by atoms with Crippen LogP contribution in [0, 0.1) is 0 Å². The minimum Gasteiger partial charge on any atom is -0.495 e. The average molecular weight is 184 g/mol. The van der Waals surface area contributed by atoms with E-state index in [9.17, 15) is 0 Å². The van der Waals surface area contributed by atoms with Crippen LogP contribution in [0.4, 0.5) is 0 Å². The molecule has 0 unspecified atom stereocenters. The Bertz CT molecular complexity index is 472. The minimum absolute atomic E-state index is 0.901. The van der Waals surface area contributed by atoms with Gasteiger partial charge in [-0.3, -0.25) is 0 Å². The number of fused-ring (bicyclic) bond motifs is 1. The lowest BCUT2D eigenvalue weighted by atomic mass is 10.1. The molecule has 0 aromatic heterocycles. The zero-order valence-electron chi connectivity index (χ0n) is 8.16. The van der Waals surface area contributed by atoms with Gasteiger partial charge in [0.05, 0.1) is 7.11 Å². The highest BCUT2D eigenvalue weighted by Crippen LogP contribution is 2.29. The van der Waals surface area contributed by atoms with Crippen LogP contribution in [0.2, 0.25) is 0 Å². The molecule has 0 saturated carbocycles. The molecule has 1 heteroatoms. The fraction of sp³-hybridized carbons (Fsp3) is 0.0769. The van der Waals surface area contributed by atoms with Crippen molar-refractivity contribution in [2.45, 2.75) is 0 Å². The molecule has 0 aliphatic carbocycles. The molecule has 0 saturated heterocycles. The summed E-state index contributed by atoms with van der Waals surface area (Å²) in [5.74, 6) is 0.901. The van der Waals surface area contributed by atoms with Crippen molar-refractivity contribution in [1.82, 2.24) is 0 Å². The van der Waals surface area contributed by atoms with E-state index >= 15 is 0 Å². The third kappa shape index (κ3) is 1.27. The minimum atomic E-state index is 0.901. The highest BCUT2D eigenvalue weighted by molar-refractivity contribution is 5.91. The van der Waals surface area contributed by atoms with Gasteiger partial charge in [-0.1, -0.05) is 49.1 Å². The molecular formula is C13H12O. The number of ether oxygens (including phenoxy) is 1. The number of hydrogen-bond acceptors (Lipinski definition) is 1. The number of benzene rings is 2. The molecule has 0 heterocycles. The summed E-state index contributed by atoms with van der Waals surface area (Å²) in [7, 11) is 1.69. The Labute approximate surface area is 83.6 Å². The first-order chi connectivity index (χ1) is 6.86. The second kappa shape index (κ2) is 3.54. The summed E-state index contributed by atoms with van der Waals surface area (Å²) in [6, 6.07) is 12.3. The fourth-order valence-corrected chi connectivity index (χ4v) is 1.65. The first kappa shape index (κ1) is 8.82. The molecular weight excluding hydrogens is 172 g/mol. The highest BCUT2D eigenvalue weighted by atomic mass is 16.5. The Hall–Kier alpha value is -1.76. The van der Waals surface area contributed by atoms with Crippen LogP contribution < -0.4 is 4.74 Å². The SMILES string of the molecule is C=Cc1ccc2ccccc2c1OC. The molecule has 2 aromatic carbocycles. The summed E-state index contributed by atoms with van der Waals surface area (Å²) in [6.45, 7) is 3.77. The van der Waals surface area contributed by atoms with E-state index in [0.717, 1.165) is 16.7 Å². The summed E-state index contributed by atoms with van der Waals surface area (Å²) in [5.41, 5.74) is 1.03. The van der Waals surface area contributed by atoms with Crippen LogP contribution in [0.3, 0.4) is 0 Å². The molecule has 0 N–H and O–H groups in total. The molecule has 0 fully saturated rings. The van der Waals surface area contributed by atoms with Gasteiger partial charge in [0.1, 0.15) is 5.75 Å². The molecule has 0 aliphatic rings. The molecule has 0 spiro atoms. The van der Waals surface area contributed by atoms with Gasteiger partial charge < -0.3 is 4.74 Å². The predicted octanol–water partition coefficient (Wildman–Crippen LogP) is 3.49. The van der Waals surface area contributed by atoms with Crippen LogP contribution in [-0.4, -0.2) is 7.11 Å². The molecule has 0 aliphatic heterocycles. The van der Waals surface area contributed by atoms with Crippen LogP contribution in [0.1, 0.15) is 5.56 Å². The van der Waals surface area contributed by atoms with Gasteiger partial charge in [0.15, 0.2) is 0 Å². The molecule has 0 bridgehead atoms. The molecule has 14 heavy (non-hydrogen) atoms. The Morgan fingerprint density at radius 2 is 1.93 bits per heavy atom. The van der Waals surface area contributed by atoms with Crippen molar-refractivity contribution in [3.05, 3.63) is 48.5 Å². The molecule has 2 rings (SSSR count).